The Morgan fingerprint density at radius 2 is 1.77 bits per heavy atom. The van der Waals surface area contributed by atoms with Crippen molar-refractivity contribution in [2.24, 2.45) is 28.6 Å². The average Bonchev–Trinajstić information content (AvgIpc) is 3.05. The van der Waals surface area contributed by atoms with Gasteiger partial charge in [-0.15, -0.1) is 0 Å². The molecule has 1 heterocycles. The Hall–Kier alpha value is -2.15. The molecule has 0 aromatic carbocycles. The van der Waals surface area contributed by atoms with Gasteiger partial charge in [0.1, 0.15) is 12.2 Å². The van der Waals surface area contributed by atoms with Crippen LogP contribution in [0.25, 0.3) is 0 Å². The summed E-state index contributed by atoms with van der Waals surface area (Å²) >= 11 is 0. The summed E-state index contributed by atoms with van der Waals surface area (Å²) in [5.41, 5.74) is -0.967. The van der Waals surface area contributed by atoms with Crippen molar-refractivity contribution in [3.05, 3.63) is 34.4 Å². The van der Waals surface area contributed by atoms with Gasteiger partial charge >= 0.3 is 17.6 Å². The van der Waals surface area contributed by atoms with E-state index in [0.717, 1.165) is 44.1 Å². The van der Waals surface area contributed by atoms with Gasteiger partial charge in [-0.1, -0.05) is 13.8 Å². The first kappa shape index (κ1) is 24.5. The summed E-state index contributed by atoms with van der Waals surface area (Å²) in [6, 6.07) is 3.26. The maximum absolute atomic E-state index is 12.5. The first-order chi connectivity index (χ1) is 16.5. The van der Waals surface area contributed by atoms with Crippen LogP contribution in [0.3, 0.4) is 0 Å². The topological polar surface area (TPSA) is 103 Å². The minimum absolute atomic E-state index is 0.0119. The zero-order valence-electron chi connectivity index (χ0n) is 21.2. The maximum Gasteiger partial charge on any atom is 0.335 e. The monoisotopic (exact) mass is 486 g/mol. The van der Waals surface area contributed by atoms with Gasteiger partial charge in [0, 0.05) is 31.2 Å². The first-order valence-corrected chi connectivity index (χ1v) is 13.1. The number of carbonyl (C=O) groups excluding carboxylic acids is 2. The molecule has 0 radical (unpaired) electrons. The minimum atomic E-state index is -0.893. The molecule has 0 saturated heterocycles. The highest BCUT2D eigenvalue weighted by Crippen LogP contribution is 2.71. The van der Waals surface area contributed by atoms with E-state index in [0.29, 0.717) is 18.8 Å². The molecule has 7 nitrogen and oxygen atoms in total. The number of fused-ring (bicyclic) bond motifs is 5. The van der Waals surface area contributed by atoms with Gasteiger partial charge in [0.15, 0.2) is 0 Å². The van der Waals surface area contributed by atoms with Crippen molar-refractivity contribution >= 4 is 11.9 Å². The molecule has 4 saturated carbocycles. The van der Waals surface area contributed by atoms with E-state index in [9.17, 15) is 19.5 Å². The van der Waals surface area contributed by atoms with E-state index in [1.807, 2.05) is 6.07 Å². The van der Waals surface area contributed by atoms with E-state index < -0.39 is 11.0 Å². The minimum Gasteiger partial charge on any atom is -0.463 e. The second-order valence-electron chi connectivity index (χ2n) is 12.1. The van der Waals surface area contributed by atoms with Crippen molar-refractivity contribution in [3.63, 3.8) is 0 Å². The Bertz CT molecular complexity index is 1040. The molecule has 192 valence electrons. The van der Waals surface area contributed by atoms with Crippen LogP contribution in [0.5, 0.6) is 0 Å². The molecule has 0 aliphatic heterocycles. The van der Waals surface area contributed by atoms with Gasteiger partial charge in [0.2, 0.25) is 0 Å². The fourth-order valence-corrected chi connectivity index (χ4v) is 9.02. The molecule has 9 atom stereocenters. The van der Waals surface area contributed by atoms with Gasteiger partial charge in [-0.05, 0) is 86.2 Å². The largest absolute Gasteiger partial charge is 0.463 e. The molecule has 0 amide bonds. The van der Waals surface area contributed by atoms with E-state index in [-0.39, 0.29) is 52.9 Å². The SMILES string of the molecule is CC(=O)O[C@H]1CC[C@@]2(C)[C@H](CC[C@@H]3[C@@H]2[C@H](OC(C)=O)C[C@]2(C)C(c4ccc(=O)oc4)CCC32O)C1. The Morgan fingerprint density at radius 1 is 1.03 bits per heavy atom. The molecule has 0 spiro atoms. The summed E-state index contributed by atoms with van der Waals surface area (Å²) < 4.78 is 16.9. The van der Waals surface area contributed by atoms with Crippen molar-refractivity contribution in [2.75, 3.05) is 0 Å². The smallest absolute Gasteiger partial charge is 0.335 e. The molecule has 1 N–H and O–H groups in total. The summed E-state index contributed by atoms with van der Waals surface area (Å²) in [5, 5.41) is 12.5. The third-order valence-corrected chi connectivity index (χ3v) is 10.5. The molecular weight excluding hydrogens is 448 g/mol. The zero-order chi connectivity index (χ0) is 25.2. The Kier molecular flexibility index (Phi) is 5.93. The third-order valence-electron chi connectivity index (χ3n) is 10.5. The van der Waals surface area contributed by atoms with Crippen molar-refractivity contribution in [1.82, 2.24) is 0 Å². The van der Waals surface area contributed by atoms with E-state index in [4.69, 9.17) is 13.9 Å². The summed E-state index contributed by atoms with van der Waals surface area (Å²) in [4.78, 5) is 35.5. The molecule has 5 rings (SSSR count). The lowest BCUT2D eigenvalue weighted by atomic mass is 9.42. The van der Waals surface area contributed by atoms with Crippen molar-refractivity contribution in [3.8, 4) is 0 Å². The van der Waals surface area contributed by atoms with Crippen LogP contribution in [0.2, 0.25) is 0 Å². The molecule has 4 aliphatic rings. The molecule has 4 aliphatic carbocycles. The Morgan fingerprint density at radius 3 is 2.43 bits per heavy atom. The number of aliphatic hydroxyl groups is 1. The standard InChI is InChI=1S/C28H38O7/c1-16(29)34-20-9-11-26(3)19(13-20)6-7-22-25(26)23(35-17(2)30)14-27(4)21(10-12-28(22,27)32)18-5-8-24(31)33-15-18/h5,8,15,19-23,25,32H,6-7,9-14H2,1-4H3/t19-,20+,21?,22-,23-,25-,26+,27-,28?/m1/s1. The highest BCUT2D eigenvalue weighted by Gasteiger charge is 2.70. The van der Waals surface area contributed by atoms with Crippen LogP contribution < -0.4 is 5.63 Å². The predicted octanol–water partition coefficient (Wildman–Crippen LogP) is 4.35. The number of hydrogen-bond donors (Lipinski definition) is 1. The maximum atomic E-state index is 12.5. The van der Waals surface area contributed by atoms with E-state index in [1.165, 1.54) is 26.2 Å². The van der Waals surface area contributed by atoms with Crippen molar-refractivity contribution in [2.45, 2.75) is 103 Å². The van der Waals surface area contributed by atoms with Crippen LogP contribution in [0, 0.1) is 28.6 Å². The number of rotatable bonds is 3. The van der Waals surface area contributed by atoms with E-state index >= 15 is 0 Å². The lowest BCUT2D eigenvalue weighted by Crippen LogP contribution is -2.66. The highest BCUT2D eigenvalue weighted by atomic mass is 16.5. The molecule has 1 aromatic rings. The normalized spacial score (nSPS) is 44.5. The molecule has 35 heavy (non-hydrogen) atoms. The quantitative estimate of drug-likeness (QED) is 0.634. The lowest BCUT2D eigenvalue weighted by molar-refractivity contribution is -0.246. The number of esters is 2. The second kappa shape index (κ2) is 8.46. The summed E-state index contributed by atoms with van der Waals surface area (Å²) in [5.74, 6) is -0.0923. The molecule has 1 aromatic heterocycles. The molecule has 0 bridgehead atoms. The average molecular weight is 487 g/mol. The van der Waals surface area contributed by atoms with Gasteiger partial charge in [-0.2, -0.15) is 0 Å². The fourth-order valence-electron chi connectivity index (χ4n) is 9.02. The summed E-state index contributed by atoms with van der Waals surface area (Å²) in [6.07, 6.45) is 7.56. The molecule has 2 unspecified atom stereocenters. The lowest BCUT2D eigenvalue weighted by Gasteiger charge is -2.65. The van der Waals surface area contributed by atoms with Crippen molar-refractivity contribution < 1.29 is 28.6 Å². The number of carbonyl (C=O) groups is 2. The first-order valence-electron chi connectivity index (χ1n) is 13.1. The van der Waals surface area contributed by atoms with Crippen LogP contribution in [-0.2, 0) is 19.1 Å². The van der Waals surface area contributed by atoms with Gasteiger partial charge in [0.05, 0.1) is 11.9 Å². The number of hydrogen-bond acceptors (Lipinski definition) is 7. The Balaban J connectivity index is 1.52. The molecule has 7 heteroatoms. The van der Waals surface area contributed by atoms with Crippen LogP contribution in [0.1, 0.15) is 90.5 Å². The van der Waals surface area contributed by atoms with Crippen LogP contribution in [0.4, 0.5) is 0 Å². The van der Waals surface area contributed by atoms with E-state index in [2.05, 4.69) is 13.8 Å². The fraction of sp³-hybridized carbons (Fsp3) is 0.750. The van der Waals surface area contributed by atoms with Crippen molar-refractivity contribution in [1.29, 1.82) is 0 Å². The van der Waals surface area contributed by atoms with Crippen LogP contribution >= 0.6 is 0 Å². The van der Waals surface area contributed by atoms with E-state index in [1.54, 1.807) is 0 Å². The van der Waals surface area contributed by atoms with Crippen LogP contribution in [-0.4, -0.2) is 34.9 Å². The van der Waals surface area contributed by atoms with Gasteiger partial charge in [0.25, 0.3) is 0 Å². The third kappa shape index (κ3) is 3.76. The van der Waals surface area contributed by atoms with Gasteiger partial charge < -0.3 is 19.0 Å². The predicted molar refractivity (Wildman–Crippen MR) is 127 cm³/mol. The number of ether oxygens (including phenoxy) is 2. The van der Waals surface area contributed by atoms with Gasteiger partial charge in [-0.3, -0.25) is 9.59 Å². The van der Waals surface area contributed by atoms with Gasteiger partial charge in [-0.25, -0.2) is 4.79 Å². The zero-order valence-corrected chi connectivity index (χ0v) is 21.2. The summed E-state index contributed by atoms with van der Waals surface area (Å²) in [6.45, 7) is 7.37. The Labute approximate surface area is 206 Å². The highest BCUT2D eigenvalue weighted by molar-refractivity contribution is 5.66. The van der Waals surface area contributed by atoms with Crippen LogP contribution in [0.15, 0.2) is 27.6 Å². The second-order valence-corrected chi connectivity index (χ2v) is 12.1. The summed E-state index contributed by atoms with van der Waals surface area (Å²) in [7, 11) is 0. The molecular formula is C28H38O7. The molecule has 4 fully saturated rings.